The number of nitrogens with one attached hydrogen (secondary N) is 1. The van der Waals surface area contributed by atoms with Crippen LogP contribution in [0.25, 0.3) is 0 Å². The Morgan fingerprint density at radius 2 is 2.13 bits per heavy atom. The van der Waals surface area contributed by atoms with Gasteiger partial charge < -0.3 is 5.32 Å². The van der Waals surface area contributed by atoms with Gasteiger partial charge in [0, 0.05) is 11.8 Å². The van der Waals surface area contributed by atoms with Crippen LogP contribution in [-0.4, -0.2) is 4.92 Å². The van der Waals surface area contributed by atoms with Gasteiger partial charge in [-0.2, -0.15) is 0 Å². The molecular weight excluding hydrogens is 192 g/mol. The maximum absolute atomic E-state index is 10.7. The predicted octanol–water partition coefficient (Wildman–Crippen LogP) is 3.07. The molecule has 1 N–H and O–H groups in total. The molecule has 0 saturated carbocycles. The number of rotatable bonds is 3. The first-order valence-corrected chi connectivity index (χ1v) is 4.97. The fourth-order valence-corrected chi connectivity index (χ4v) is 1.70. The normalized spacial score (nSPS) is 14.8. The van der Waals surface area contributed by atoms with Gasteiger partial charge in [0.1, 0.15) is 5.69 Å². The molecule has 0 amide bonds. The zero-order valence-corrected chi connectivity index (χ0v) is 8.27. The summed E-state index contributed by atoms with van der Waals surface area (Å²) in [7, 11) is 0. The minimum Gasteiger partial charge on any atom is -0.354 e. The van der Waals surface area contributed by atoms with Crippen molar-refractivity contribution in [2.45, 2.75) is 19.3 Å². The Labute approximate surface area is 87.8 Å². The van der Waals surface area contributed by atoms with Crippen molar-refractivity contribution in [1.29, 1.82) is 0 Å². The Hall–Kier alpha value is -1.84. The number of hydrogen-bond acceptors (Lipinski definition) is 3. The van der Waals surface area contributed by atoms with Crippen LogP contribution >= 0.6 is 0 Å². The Balaban J connectivity index is 2.23. The Kier molecular flexibility index (Phi) is 2.67. The van der Waals surface area contributed by atoms with Gasteiger partial charge in [0.2, 0.25) is 0 Å². The minimum atomic E-state index is -0.363. The lowest BCUT2D eigenvalue weighted by atomic mass is 10.2. The number of para-hydroxylation sites is 2. The number of nitro benzene ring substituents is 1. The zero-order chi connectivity index (χ0) is 10.7. The van der Waals surface area contributed by atoms with E-state index < -0.39 is 0 Å². The van der Waals surface area contributed by atoms with Crippen LogP contribution in [0.1, 0.15) is 19.3 Å². The number of nitrogens with zero attached hydrogens (tertiary/aromatic N) is 1. The molecule has 2 rings (SSSR count). The van der Waals surface area contributed by atoms with Gasteiger partial charge in [-0.05, 0) is 25.3 Å². The van der Waals surface area contributed by atoms with Crippen molar-refractivity contribution < 1.29 is 4.92 Å². The minimum absolute atomic E-state index is 0.130. The van der Waals surface area contributed by atoms with Crippen LogP contribution < -0.4 is 5.32 Å². The van der Waals surface area contributed by atoms with E-state index in [0.29, 0.717) is 5.69 Å². The molecule has 0 aliphatic heterocycles. The Morgan fingerprint density at radius 1 is 1.33 bits per heavy atom. The summed E-state index contributed by atoms with van der Waals surface area (Å²) in [5, 5.41) is 13.9. The lowest BCUT2D eigenvalue weighted by Gasteiger charge is -2.06. The van der Waals surface area contributed by atoms with E-state index in [1.807, 2.05) is 0 Å². The molecule has 0 heterocycles. The van der Waals surface area contributed by atoms with Crippen molar-refractivity contribution in [2.75, 3.05) is 5.32 Å². The first kappa shape index (κ1) is 9.71. The topological polar surface area (TPSA) is 55.2 Å². The SMILES string of the molecule is O=[N+]([O-])c1ccccc1NC1=CCCC1. The van der Waals surface area contributed by atoms with E-state index in [-0.39, 0.29) is 10.6 Å². The molecule has 1 aromatic rings. The van der Waals surface area contributed by atoms with E-state index in [1.54, 1.807) is 18.2 Å². The summed E-state index contributed by atoms with van der Waals surface area (Å²) in [5.41, 5.74) is 1.80. The van der Waals surface area contributed by atoms with Gasteiger partial charge in [-0.1, -0.05) is 18.2 Å². The van der Waals surface area contributed by atoms with Crippen LogP contribution in [-0.2, 0) is 0 Å². The first-order valence-electron chi connectivity index (χ1n) is 4.97. The van der Waals surface area contributed by atoms with Crippen LogP contribution in [0.5, 0.6) is 0 Å². The van der Waals surface area contributed by atoms with E-state index in [0.717, 1.165) is 25.0 Å². The number of allylic oxidation sites excluding steroid dienone is 2. The average molecular weight is 204 g/mol. The zero-order valence-electron chi connectivity index (χ0n) is 8.27. The summed E-state index contributed by atoms with van der Waals surface area (Å²) in [6.45, 7) is 0. The summed E-state index contributed by atoms with van der Waals surface area (Å²) >= 11 is 0. The number of anilines is 1. The van der Waals surface area contributed by atoms with Gasteiger partial charge in [-0.15, -0.1) is 0 Å². The molecule has 0 radical (unpaired) electrons. The highest BCUT2D eigenvalue weighted by Crippen LogP contribution is 2.27. The van der Waals surface area contributed by atoms with Gasteiger partial charge in [0.25, 0.3) is 5.69 Å². The third kappa shape index (κ3) is 2.15. The van der Waals surface area contributed by atoms with Gasteiger partial charge >= 0.3 is 0 Å². The summed E-state index contributed by atoms with van der Waals surface area (Å²) in [6, 6.07) is 6.71. The van der Waals surface area contributed by atoms with Crippen LogP contribution in [0.3, 0.4) is 0 Å². The fourth-order valence-electron chi connectivity index (χ4n) is 1.70. The molecular formula is C11H12N2O2. The maximum atomic E-state index is 10.7. The molecule has 4 heteroatoms. The van der Waals surface area contributed by atoms with Crippen LogP contribution in [0.15, 0.2) is 36.0 Å². The second kappa shape index (κ2) is 4.13. The lowest BCUT2D eigenvalue weighted by molar-refractivity contribution is -0.383. The Bertz CT molecular complexity index is 413. The molecule has 1 aromatic carbocycles. The summed E-state index contributed by atoms with van der Waals surface area (Å²) < 4.78 is 0. The van der Waals surface area contributed by atoms with Gasteiger partial charge in [0.05, 0.1) is 4.92 Å². The second-order valence-corrected chi connectivity index (χ2v) is 3.52. The summed E-state index contributed by atoms with van der Waals surface area (Å²) in [6.07, 6.45) is 5.26. The smallest absolute Gasteiger partial charge is 0.292 e. The fraction of sp³-hybridized carbons (Fsp3) is 0.273. The van der Waals surface area contributed by atoms with Crippen molar-refractivity contribution in [1.82, 2.24) is 0 Å². The average Bonchev–Trinajstić information content (AvgIpc) is 2.71. The highest BCUT2D eigenvalue weighted by Gasteiger charge is 2.14. The molecule has 1 aliphatic carbocycles. The van der Waals surface area contributed by atoms with Crippen molar-refractivity contribution in [3.63, 3.8) is 0 Å². The molecule has 0 fully saturated rings. The van der Waals surface area contributed by atoms with Crippen molar-refractivity contribution in [2.24, 2.45) is 0 Å². The molecule has 78 valence electrons. The van der Waals surface area contributed by atoms with Crippen molar-refractivity contribution >= 4 is 11.4 Å². The molecule has 0 saturated heterocycles. The van der Waals surface area contributed by atoms with E-state index in [4.69, 9.17) is 0 Å². The molecule has 0 spiro atoms. The molecule has 0 unspecified atom stereocenters. The van der Waals surface area contributed by atoms with Crippen LogP contribution in [0, 0.1) is 10.1 Å². The molecule has 0 aromatic heterocycles. The highest BCUT2D eigenvalue weighted by atomic mass is 16.6. The van der Waals surface area contributed by atoms with Crippen molar-refractivity contribution in [3.8, 4) is 0 Å². The van der Waals surface area contributed by atoms with Gasteiger partial charge in [-0.25, -0.2) is 0 Å². The van der Waals surface area contributed by atoms with Crippen molar-refractivity contribution in [3.05, 3.63) is 46.2 Å². The Morgan fingerprint density at radius 3 is 2.80 bits per heavy atom. The molecule has 4 nitrogen and oxygen atoms in total. The van der Waals surface area contributed by atoms with Crippen LogP contribution in [0.2, 0.25) is 0 Å². The third-order valence-electron chi connectivity index (χ3n) is 2.44. The largest absolute Gasteiger partial charge is 0.354 e. The summed E-state index contributed by atoms with van der Waals surface area (Å²) in [5.74, 6) is 0. The quantitative estimate of drug-likeness (QED) is 0.608. The van der Waals surface area contributed by atoms with E-state index in [9.17, 15) is 10.1 Å². The number of hydrogen-bond donors (Lipinski definition) is 1. The molecule has 0 atom stereocenters. The third-order valence-corrected chi connectivity index (χ3v) is 2.44. The van der Waals surface area contributed by atoms with Crippen LogP contribution in [0.4, 0.5) is 11.4 Å². The number of nitro groups is 1. The summed E-state index contributed by atoms with van der Waals surface area (Å²) in [4.78, 5) is 10.4. The lowest BCUT2D eigenvalue weighted by Crippen LogP contribution is -2.00. The van der Waals surface area contributed by atoms with E-state index >= 15 is 0 Å². The highest BCUT2D eigenvalue weighted by molar-refractivity contribution is 5.63. The van der Waals surface area contributed by atoms with E-state index in [1.165, 1.54) is 6.07 Å². The standard InChI is InChI=1S/C11H12N2O2/c14-13(15)11-8-4-3-7-10(11)12-9-5-1-2-6-9/h3-5,7-8,12H,1-2,6H2. The molecule has 15 heavy (non-hydrogen) atoms. The van der Waals surface area contributed by atoms with Gasteiger partial charge in [0.15, 0.2) is 0 Å². The first-order chi connectivity index (χ1) is 7.27. The monoisotopic (exact) mass is 204 g/mol. The molecule has 0 bridgehead atoms. The predicted molar refractivity (Wildman–Crippen MR) is 58.7 cm³/mol. The molecule has 1 aliphatic rings. The number of benzene rings is 1. The maximum Gasteiger partial charge on any atom is 0.292 e. The van der Waals surface area contributed by atoms with E-state index in [2.05, 4.69) is 11.4 Å². The van der Waals surface area contributed by atoms with Gasteiger partial charge in [-0.3, -0.25) is 10.1 Å². The second-order valence-electron chi connectivity index (χ2n) is 3.52.